The molecule has 0 aliphatic carbocycles. The zero-order valence-electron chi connectivity index (χ0n) is 10.6. The summed E-state index contributed by atoms with van der Waals surface area (Å²) in [5.74, 6) is -5.90. The first-order valence-electron chi connectivity index (χ1n) is 5.65. The largest absolute Gasteiger partial charge is 0.480 e. The van der Waals surface area contributed by atoms with Gasteiger partial charge in [0.2, 0.25) is 0 Å². The van der Waals surface area contributed by atoms with E-state index in [2.05, 4.69) is 0 Å². The van der Waals surface area contributed by atoms with Gasteiger partial charge < -0.3 is 15.3 Å². The molecule has 9 heteroatoms. The number of rotatable bonds is 7. The number of carboxylic acids is 3. The zero-order chi connectivity index (χ0) is 16.2. The van der Waals surface area contributed by atoms with Crippen molar-refractivity contribution in [3.8, 4) is 0 Å². The van der Waals surface area contributed by atoms with Crippen molar-refractivity contribution in [2.24, 2.45) is 5.41 Å². The number of benzene rings is 1. The quantitative estimate of drug-likeness (QED) is 0.378. The highest BCUT2D eigenvalue weighted by atomic mass is 16.6. The van der Waals surface area contributed by atoms with Gasteiger partial charge in [-0.25, -0.2) is 0 Å². The van der Waals surface area contributed by atoms with Crippen molar-refractivity contribution in [2.75, 3.05) is 0 Å². The molecule has 0 spiro atoms. The molecular weight excluding hydrogens is 286 g/mol. The van der Waals surface area contributed by atoms with Crippen LogP contribution in [0.25, 0.3) is 0 Å². The van der Waals surface area contributed by atoms with Gasteiger partial charge >= 0.3 is 17.9 Å². The summed E-state index contributed by atoms with van der Waals surface area (Å²) in [5, 5.41) is 37.2. The summed E-state index contributed by atoms with van der Waals surface area (Å²) in [6, 6.07) is 4.96. The molecule has 0 saturated heterocycles. The summed E-state index contributed by atoms with van der Waals surface area (Å²) in [5.41, 5.74) is -2.73. The molecule has 0 heterocycles. The molecule has 0 bridgehead atoms. The predicted octanol–water partition coefficient (Wildman–Crippen LogP) is 0.768. The molecule has 0 atom stereocenters. The molecule has 0 unspecified atom stereocenters. The number of aryl methyl sites for hydroxylation is 1. The van der Waals surface area contributed by atoms with Crippen LogP contribution in [0.3, 0.4) is 0 Å². The van der Waals surface area contributed by atoms with Crippen molar-refractivity contribution >= 4 is 23.6 Å². The van der Waals surface area contributed by atoms with E-state index in [1.165, 1.54) is 24.3 Å². The van der Waals surface area contributed by atoms with E-state index >= 15 is 0 Å². The normalized spacial score (nSPS) is 10.9. The average Bonchev–Trinajstić information content (AvgIpc) is 2.38. The highest BCUT2D eigenvalue weighted by Gasteiger charge is 2.53. The molecule has 112 valence electrons. The van der Waals surface area contributed by atoms with E-state index in [-0.39, 0.29) is 12.1 Å². The Kier molecular flexibility index (Phi) is 4.59. The van der Waals surface area contributed by atoms with E-state index in [9.17, 15) is 24.5 Å². The first-order valence-corrected chi connectivity index (χ1v) is 5.65. The maximum Gasteiger partial charge on any atom is 0.332 e. The summed E-state index contributed by atoms with van der Waals surface area (Å²) >= 11 is 0. The topological polar surface area (TPSA) is 155 Å². The van der Waals surface area contributed by atoms with Crippen LogP contribution in [0.15, 0.2) is 24.3 Å². The Morgan fingerprint density at radius 3 is 1.76 bits per heavy atom. The summed E-state index contributed by atoms with van der Waals surface area (Å²) in [7, 11) is 0. The molecule has 0 amide bonds. The third kappa shape index (κ3) is 3.14. The molecule has 9 nitrogen and oxygen atoms in total. The second-order valence-electron chi connectivity index (χ2n) is 4.24. The SMILES string of the molecule is O=C(O)C(CCc1ccc([N+](=O)[O-])cc1)(C(=O)O)C(=O)O. The lowest BCUT2D eigenvalue weighted by atomic mass is 9.82. The number of nitro groups is 1. The second kappa shape index (κ2) is 5.99. The molecule has 3 N–H and O–H groups in total. The summed E-state index contributed by atoms with van der Waals surface area (Å²) in [4.78, 5) is 42.9. The van der Waals surface area contributed by atoms with Crippen LogP contribution in [0, 0.1) is 15.5 Å². The van der Waals surface area contributed by atoms with E-state index in [1.807, 2.05) is 0 Å². The summed E-state index contributed by atoms with van der Waals surface area (Å²) in [6.07, 6.45) is -0.840. The number of carbonyl (C=O) groups is 3. The van der Waals surface area contributed by atoms with Crippen molar-refractivity contribution in [3.63, 3.8) is 0 Å². The Balaban J connectivity index is 2.97. The fraction of sp³-hybridized carbons (Fsp3) is 0.250. The third-order valence-corrected chi connectivity index (χ3v) is 3.03. The lowest BCUT2D eigenvalue weighted by Gasteiger charge is -2.19. The maximum atomic E-state index is 11.0. The molecular formula is C12H11NO8. The molecule has 1 rings (SSSR count). The summed E-state index contributed by atoms with van der Waals surface area (Å²) in [6.45, 7) is 0. The molecule has 0 radical (unpaired) electrons. The standard InChI is InChI=1S/C12H11NO8/c14-9(15)12(10(16)17,11(18)19)6-5-7-1-3-8(4-2-7)13(20)21/h1-4H,5-6H2,(H,14,15)(H,16,17)(H,18,19). The smallest absolute Gasteiger partial charge is 0.332 e. The molecule has 0 saturated carbocycles. The van der Waals surface area contributed by atoms with Crippen molar-refractivity contribution in [1.29, 1.82) is 0 Å². The lowest BCUT2D eigenvalue weighted by molar-refractivity contribution is -0.384. The van der Waals surface area contributed by atoms with Crippen LogP contribution >= 0.6 is 0 Å². The minimum Gasteiger partial charge on any atom is -0.480 e. The van der Waals surface area contributed by atoms with Crippen molar-refractivity contribution in [1.82, 2.24) is 0 Å². The van der Waals surface area contributed by atoms with Crippen molar-refractivity contribution in [2.45, 2.75) is 12.8 Å². The Morgan fingerprint density at radius 2 is 1.43 bits per heavy atom. The van der Waals surface area contributed by atoms with E-state index < -0.39 is 34.7 Å². The van der Waals surface area contributed by atoms with Gasteiger partial charge in [0.15, 0.2) is 0 Å². The molecule has 0 aromatic heterocycles. The Labute approximate surface area is 117 Å². The number of non-ortho nitro benzene ring substituents is 1. The number of carboxylic acid groups (broad SMARTS) is 3. The second-order valence-corrected chi connectivity index (χ2v) is 4.24. The number of nitrogens with zero attached hydrogens (tertiary/aromatic N) is 1. The highest BCUT2D eigenvalue weighted by Crippen LogP contribution is 2.26. The van der Waals surface area contributed by atoms with Crippen LogP contribution in [0.2, 0.25) is 0 Å². The first kappa shape index (κ1) is 16.1. The highest BCUT2D eigenvalue weighted by molar-refractivity contribution is 6.16. The van der Waals surface area contributed by atoms with E-state index in [0.29, 0.717) is 5.56 Å². The van der Waals surface area contributed by atoms with Crippen LogP contribution in [0.1, 0.15) is 12.0 Å². The Bertz CT molecular complexity index is 556. The number of nitro benzene ring substituents is 1. The van der Waals surface area contributed by atoms with Gasteiger partial charge in [0, 0.05) is 12.1 Å². The summed E-state index contributed by atoms with van der Waals surface area (Å²) < 4.78 is 0. The number of hydrogen-bond donors (Lipinski definition) is 3. The third-order valence-electron chi connectivity index (χ3n) is 3.03. The monoisotopic (exact) mass is 297 g/mol. The van der Waals surface area contributed by atoms with Gasteiger partial charge in [0.25, 0.3) is 11.1 Å². The maximum absolute atomic E-state index is 11.0. The van der Waals surface area contributed by atoms with Crippen LogP contribution in [-0.2, 0) is 20.8 Å². The zero-order valence-corrected chi connectivity index (χ0v) is 10.6. The number of hydrogen-bond acceptors (Lipinski definition) is 5. The molecule has 0 aliphatic heterocycles. The fourth-order valence-corrected chi connectivity index (χ4v) is 1.71. The van der Waals surface area contributed by atoms with Crippen LogP contribution in [-0.4, -0.2) is 38.2 Å². The van der Waals surface area contributed by atoms with Gasteiger partial charge in [-0.1, -0.05) is 12.1 Å². The van der Waals surface area contributed by atoms with Gasteiger partial charge in [-0.3, -0.25) is 24.5 Å². The van der Waals surface area contributed by atoms with Gasteiger partial charge in [0.1, 0.15) is 0 Å². The van der Waals surface area contributed by atoms with Gasteiger partial charge in [-0.15, -0.1) is 0 Å². The molecule has 21 heavy (non-hydrogen) atoms. The van der Waals surface area contributed by atoms with Crippen molar-refractivity contribution < 1.29 is 34.6 Å². The first-order chi connectivity index (χ1) is 9.71. The lowest BCUT2D eigenvalue weighted by Crippen LogP contribution is -2.46. The van der Waals surface area contributed by atoms with Crippen LogP contribution < -0.4 is 0 Å². The minimum absolute atomic E-state index is 0.164. The van der Waals surface area contributed by atoms with Crippen LogP contribution in [0.4, 0.5) is 5.69 Å². The Hall–Kier alpha value is -2.97. The van der Waals surface area contributed by atoms with Crippen LogP contribution in [0.5, 0.6) is 0 Å². The average molecular weight is 297 g/mol. The molecule has 0 fully saturated rings. The van der Waals surface area contributed by atoms with Gasteiger partial charge in [-0.05, 0) is 18.4 Å². The van der Waals surface area contributed by atoms with E-state index in [0.717, 1.165) is 0 Å². The number of aliphatic carboxylic acids is 3. The van der Waals surface area contributed by atoms with E-state index in [4.69, 9.17) is 15.3 Å². The molecule has 1 aromatic carbocycles. The van der Waals surface area contributed by atoms with E-state index in [1.54, 1.807) is 0 Å². The predicted molar refractivity (Wildman–Crippen MR) is 66.8 cm³/mol. The minimum atomic E-state index is -2.94. The molecule has 1 aromatic rings. The van der Waals surface area contributed by atoms with Gasteiger partial charge in [0.05, 0.1) is 4.92 Å². The van der Waals surface area contributed by atoms with Gasteiger partial charge in [-0.2, -0.15) is 0 Å². The molecule has 0 aliphatic rings. The fourth-order valence-electron chi connectivity index (χ4n) is 1.71. The Morgan fingerprint density at radius 1 is 1.00 bits per heavy atom. The van der Waals surface area contributed by atoms with Crippen molar-refractivity contribution in [3.05, 3.63) is 39.9 Å².